The van der Waals surface area contributed by atoms with Gasteiger partial charge in [0.15, 0.2) is 5.82 Å². The second-order valence-electron chi connectivity index (χ2n) is 5.89. The fourth-order valence-electron chi connectivity index (χ4n) is 2.44. The Labute approximate surface area is 166 Å². The van der Waals surface area contributed by atoms with Crippen LogP contribution in [-0.4, -0.2) is 24.1 Å². The molecule has 3 rings (SSSR count). The lowest BCUT2D eigenvalue weighted by atomic mass is 10.2. The van der Waals surface area contributed by atoms with Gasteiger partial charge in [0.05, 0.1) is 10.7 Å². The first-order chi connectivity index (χ1) is 13.3. The van der Waals surface area contributed by atoms with Crippen LogP contribution in [-0.2, 0) is 14.8 Å². The van der Waals surface area contributed by atoms with E-state index in [4.69, 9.17) is 11.6 Å². The molecular formula is C18H16ClFN4O3S. The summed E-state index contributed by atoms with van der Waals surface area (Å²) in [5.41, 5.74) is 0.527. The molecule has 3 aromatic rings. The lowest BCUT2D eigenvalue weighted by Crippen LogP contribution is -2.24. The van der Waals surface area contributed by atoms with Crippen LogP contribution >= 0.6 is 11.6 Å². The number of sulfonamides is 1. The monoisotopic (exact) mass is 422 g/mol. The lowest BCUT2D eigenvalue weighted by molar-refractivity contribution is -0.119. The van der Waals surface area contributed by atoms with Gasteiger partial charge < -0.3 is 5.32 Å². The normalized spacial score (nSPS) is 12.4. The number of anilines is 2. The zero-order valence-corrected chi connectivity index (χ0v) is 16.2. The number of hydrogen-bond acceptors (Lipinski definition) is 4. The minimum absolute atomic E-state index is 0.156. The number of amides is 1. The van der Waals surface area contributed by atoms with Gasteiger partial charge in [0, 0.05) is 18.1 Å². The molecule has 28 heavy (non-hydrogen) atoms. The predicted molar refractivity (Wildman–Crippen MR) is 104 cm³/mol. The number of nitrogens with one attached hydrogen (secondary N) is 2. The maximum Gasteiger partial charge on any atom is 0.264 e. The van der Waals surface area contributed by atoms with Crippen molar-refractivity contribution >= 4 is 38.9 Å². The molecule has 0 aliphatic carbocycles. The maximum atomic E-state index is 14.1. The van der Waals surface area contributed by atoms with Crippen molar-refractivity contribution in [3.05, 3.63) is 71.8 Å². The molecule has 1 aromatic heterocycles. The van der Waals surface area contributed by atoms with Crippen LogP contribution in [0.3, 0.4) is 0 Å². The third-order valence-electron chi connectivity index (χ3n) is 3.89. The van der Waals surface area contributed by atoms with Crippen molar-refractivity contribution in [2.45, 2.75) is 17.9 Å². The number of aromatic nitrogens is 2. The number of carbonyl (C=O) groups excluding carboxylic acids is 1. The predicted octanol–water partition coefficient (Wildman–Crippen LogP) is 3.68. The molecule has 10 heteroatoms. The molecule has 0 fully saturated rings. The van der Waals surface area contributed by atoms with E-state index in [9.17, 15) is 17.6 Å². The summed E-state index contributed by atoms with van der Waals surface area (Å²) in [7, 11) is -4.20. The van der Waals surface area contributed by atoms with Crippen molar-refractivity contribution in [3.8, 4) is 0 Å². The Bertz CT molecular complexity index is 1100. The Morgan fingerprint density at radius 2 is 1.89 bits per heavy atom. The lowest BCUT2D eigenvalue weighted by Gasteiger charge is -2.14. The van der Waals surface area contributed by atoms with E-state index in [-0.39, 0.29) is 16.6 Å². The number of hydrogen-bond donors (Lipinski definition) is 2. The SMILES string of the molecule is CC(C(=O)Nc1cccc(NS(=O)(=O)c2cccc(Cl)c2F)c1)n1cccn1. The van der Waals surface area contributed by atoms with Gasteiger partial charge in [-0.3, -0.25) is 14.2 Å². The topological polar surface area (TPSA) is 93.1 Å². The molecule has 0 spiro atoms. The van der Waals surface area contributed by atoms with E-state index >= 15 is 0 Å². The standard InChI is InChI=1S/C18H16ClFN4O3S/c1-12(24-10-4-9-21-24)18(25)22-13-5-2-6-14(11-13)23-28(26,27)16-8-3-7-15(19)17(16)20/h2-12,23H,1H3,(H,22,25). The second-order valence-corrected chi connectivity index (χ2v) is 7.95. The second kappa shape index (κ2) is 7.99. The van der Waals surface area contributed by atoms with Crippen LogP contribution in [0.15, 0.2) is 65.8 Å². The average Bonchev–Trinajstić information content (AvgIpc) is 3.17. The molecule has 2 N–H and O–H groups in total. The van der Waals surface area contributed by atoms with Crippen LogP contribution in [0.5, 0.6) is 0 Å². The first kappa shape index (κ1) is 19.8. The molecule has 0 aliphatic heterocycles. The maximum absolute atomic E-state index is 14.1. The van der Waals surface area contributed by atoms with Crippen LogP contribution in [0.4, 0.5) is 15.8 Å². The molecule has 0 aliphatic rings. The van der Waals surface area contributed by atoms with Gasteiger partial charge in [-0.2, -0.15) is 5.10 Å². The highest BCUT2D eigenvalue weighted by Crippen LogP contribution is 2.25. The molecule has 146 valence electrons. The highest BCUT2D eigenvalue weighted by molar-refractivity contribution is 7.92. The van der Waals surface area contributed by atoms with Crippen LogP contribution < -0.4 is 10.0 Å². The summed E-state index contributed by atoms with van der Waals surface area (Å²) in [6, 6.07) is 10.9. The van der Waals surface area contributed by atoms with Gasteiger partial charge in [-0.15, -0.1) is 0 Å². The van der Waals surface area contributed by atoms with Crippen molar-refractivity contribution in [2.24, 2.45) is 0 Å². The Morgan fingerprint density at radius 3 is 2.61 bits per heavy atom. The quantitative estimate of drug-likeness (QED) is 0.633. The highest BCUT2D eigenvalue weighted by Gasteiger charge is 2.21. The fraction of sp³-hybridized carbons (Fsp3) is 0.111. The van der Waals surface area contributed by atoms with Crippen LogP contribution in [0.1, 0.15) is 13.0 Å². The van der Waals surface area contributed by atoms with E-state index < -0.39 is 26.8 Å². The van der Waals surface area contributed by atoms with E-state index in [0.29, 0.717) is 5.69 Å². The summed E-state index contributed by atoms with van der Waals surface area (Å²) in [6.07, 6.45) is 3.22. The van der Waals surface area contributed by atoms with Gasteiger partial charge in [0.25, 0.3) is 10.0 Å². The van der Waals surface area contributed by atoms with Gasteiger partial charge in [-0.25, -0.2) is 12.8 Å². The summed E-state index contributed by atoms with van der Waals surface area (Å²) in [5, 5.41) is 6.40. The summed E-state index contributed by atoms with van der Waals surface area (Å²) in [5.74, 6) is -1.36. The Hall–Kier alpha value is -2.91. The number of carbonyl (C=O) groups is 1. The highest BCUT2D eigenvalue weighted by atomic mass is 35.5. The molecule has 0 radical (unpaired) electrons. The number of rotatable bonds is 6. The first-order valence-electron chi connectivity index (χ1n) is 8.15. The Kier molecular flexibility index (Phi) is 5.66. The Balaban J connectivity index is 1.78. The minimum atomic E-state index is -4.20. The van der Waals surface area contributed by atoms with Gasteiger partial charge >= 0.3 is 0 Å². The van der Waals surface area contributed by atoms with E-state index in [2.05, 4.69) is 15.1 Å². The molecule has 0 saturated carbocycles. The van der Waals surface area contributed by atoms with Crippen molar-refractivity contribution in [1.29, 1.82) is 0 Å². The zero-order valence-electron chi connectivity index (χ0n) is 14.6. The third kappa shape index (κ3) is 4.32. The molecule has 1 unspecified atom stereocenters. The summed E-state index contributed by atoms with van der Waals surface area (Å²) in [4.78, 5) is 11.8. The van der Waals surface area contributed by atoms with Crippen LogP contribution in [0.2, 0.25) is 5.02 Å². The van der Waals surface area contributed by atoms with E-state index in [0.717, 1.165) is 6.07 Å². The molecule has 1 atom stereocenters. The van der Waals surface area contributed by atoms with Gasteiger partial charge in [0.1, 0.15) is 10.9 Å². The molecule has 2 aromatic carbocycles. The zero-order chi connectivity index (χ0) is 20.3. The molecule has 7 nitrogen and oxygen atoms in total. The third-order valence-corrected chi connectivity index (χ3v) is 5.58. The molecular weight excluding hydrogens is 407 g/mol. The smallest absolute Gasteiger partial charge is 0.264 e. The van der Waals surface area contributed by atoms with Crippen molar-refractivity contribution in [2.75, 3.05) is 10.0 Å². The number of benzene rings is 2. The summed E-state index contributed by atoms with van der Waals surface area (Å²) < 4.78 is 42.8. The Morgan fingerprint density at radius 1 is 1.18 bits per heavy atom. The van der Waals surface area contributed by atoms with Crippen LogP contribution in [0.25, 0.3) is 0 Å². The fourth-order valence-corrected chi connectivity index (χ4v) is 3.82. The summed E-state index contributed by atoms with van der Waals surface area (Å²) >= 11 is 5.66. The average molecular weight is 423 g/mol. The largest absolute Gasteiger partial charge is 0.324 e. The van der Waals surface area contributed by atoms with Gasteiger partial charge in [-0.1, -0.05) is 23.7 Å². The van der Waals surface area contributed by atoms with Crippen LogP contribution in [0, 0.1) is 5.82 Å². The van der Waals surface area contributed by atoms with E-state index in [1.54, 1.807) is 37.5 Å². The molecule has 0 saturated heterocycles. The van der Waals surface area contributed by atoms with Gasteiger partial charge in [0.2, 0.25) is 5.91 Å². The summed E-state index contributed by atoms with van der Waals surface area (Å²) in [6.45, 7) is 1.68. The number of nitrogens with zero attached hydrogens (tertiary/aromatic N) is 2. The molecule has 1 amide bonds. The first-order valence-corrected chi connectivity index (χ1v) is 10.0. The van der Waals surface area contributed by atoms with Crippen molar-refractivity contribution in [1.82, 2.24) is 9.78 Å². The van der Waals surface area contributed by atoms with E-state index in [1.807, 2.05) is 0 Å². The minimum Gasteiger partial charge on any atom is -0.324 e. The molecule has 1 heterocycles. The number of halogens is 2. The molecule has 0 bridgehead atoms. The van der Waals surface area contributed by atoms with E-state index in [1.165, 1.54) is 28.9 Å². The van der Waals surface area contributed by atoms with Gasteiger partial charge in [-0.05, 0) is 43.3 Å². The van der Waals surface area contributed by atoms with Crippen molar-refractivity contribution in [3.63, 3.8) is 0 Å². The van der Waals surface area contributed by atoms with Crippen molar-refractivity contribution < 1.29 is 17.6 Å².